The van der Waals surface area contributed by atoms with Crippen LogP contribution in [-0.2, 0) is 0 Å². The number of aromatic nitrogens is 2. The number of nitrogens with one attached hydrogen (secondary N) is 2. The van der Waals surface area contributed by atoms with Gasteiger partial charge >= 0.3 is 0 Å². The largest absolute Gasteiger partial charge is 0.372 e. The molecule has 1 aromatic carbocycles. The molecule has 0 atom stereocenters. The zero-order valence-electron chi connectivity index (χ0n) is 13.9. The van der Waals surface area contributed by atoms with Crippen LogP contribution in [0, 0.1) is 0 Å². The van der Waals surface area contributed by atoms with Gasteiger partial charge in [-0.25, -0.2) is 0 Å². The second-order valence-electron chi connectivity index (χ2n) is 6.88. The van der Waals surface area contributed by atoms with Crippen LogP contribution in [0.25, 0.3) is 0 Å². The van der Waals surface area contributed by atoms with E-state index in [0.717, 1.165) is 24.5 Å². The van der Waals surface area contributed by atoms with Gasteiger partial charge in [0, 0.05) is 29.9 Å². The van der Waals surface area contributed by atoms with Crippen molar-refractivity contribution in [3.05, 3.63) is 41.6 Å². The number of H-pyrrole nitrogens is 1. The number of amides is 1. The number of aromatic amines is 1. The Morgan fingerprint density at radius 3 is 2.46 bits per heavy atom. The molecule has 5 nitrogen and oxygen atoms in total. The van der Waals surface area contributed by atoms with E-state index in [0.29, 0.717) is 11.5 Å². The summed E-state index contributed by atoms with van der Waals surface area (Å²) in [6.45, 7) is 2.23. The Morgan fingerprint density at radius 1 is 1.08 bits per heavy atom. The number of carbonyl (C=O) groups is 1. The van der Waals surface area contributed by atoms with Crippen molar-refractivity contribution in [1.82, 2.24) is 10.2 Å². The van der Waals surface area contributed by atoms with Gasteiger partial charge in [-0.05, 0) is 55.9 Å². The molecule has 0 radical (unpaired) electrons. The lowest BCUT2D eigenvalue weighted by molar-refractivity contribution is 0.102. The monoisotopic (exact) mass is 324 g/mol. The third-order valence-corrected chi connectivity index (χ3v) is 5.03. The normalized spacial score (nSPS) is 18.2. The van der Waals surface area contributed by atoms with Crippen LogP contribution >= 0.6 is 0 Å². The van der Waals surface area contributed by atoms with E-state index in [2.05, 4.69) is 32.5 Å². The van der Waals surface area contributed by atoms with Crippen molar-refractivity contribution in [3.8, 4) is 0 Å². The Kier molecular flexibility index (Phi) is 4.24. The topological polar surface area (TPSA) is 61.0 Å². The molecule has 1 saturated carbocycles. The summed E-state index contributed by atoms with van der Waals surface area (Å²) in [7, 11) is 0. The molecule has 4 rings (SSSR count). The standard InChI is InChI=1S/C19H24N4O/c24-19(21-18-17(13-20-22-18)14-5-6-14)15-7-9-16(10-8-15)23-11-3-1-2-4-12-23/h7-10,13-14H,1-6,11-12H2,(H2,20,21,22,24). The first-order valence-corrected chi connectivity index (χ1v) is 9.01. The summed E-state index contributed by atoms with van der Waals surface area (Å²) >= 11 is 0. The third-order valence-electron chi connectivity index (χ3n) is 5.03. The van der Waals surface area contributed by atoms with Crippen LogP contribution in [0.3, 0.4) is 0 Å². The van der Waals surface area contributed by atoms with E-state index >= 15 is 0 Å². The fraction of sp³-hybridized carbons (Fsp3) is 0.474. The van der Waals surface area contributed by atoms with E-state index in [1.54, 1.807) is 0 Å². The molecule has 0 unspecified atom stereocenters. The maximum absolute atomic E-state index is 12.5. The summed E-state index contributed by atoms with van der Waals surface area (Å²) < 4.78 is 0. The van der Waals surface area contributed by atoms with Crippen molar-refractivity contribution in [2.45, 2.75) is 44.4 Å². The van der Waals surface area contributed by atoms with Crippen molar-refractivity contribution >= 4 is 17.4 Å². The number of hydrogen-bond acceptors (Lipinski definition) is 3. The lowest BCUT2D eigenvalue weighted by Crippen LogP contribution is -2.23. The SMILES string of the molecule is O=C(Nc1[nH]ncc1C1CC1)c1ccc(N2CCCCCC2)cc1. The Balaban J connectivity index is 1.43. The quantitative estimate of drug-likeness (QED) is 0.896. The number of hydrogen-bond donors (Lipinski definition) is 2. The van der Waals surface area contributed by atoms with Crippen LogP contribution in [0.2, 0.25) is 0 Å². The second-order valence-corrected chi connectivity index (χ2v) is 6.88. The maximum atomic E-state index is 12.5. The van der Waals surface area contributed by atoms with Gasteiger partial charge in [0.25, 0.3) is 5.91 Å². The predicted octanol–water partition coefficient (Wildman–Crippen LogP) is 3.92. The molecule has 126 valence electrons. The Labute approximate surface area is 142 Å². The molecule has 2 N–H and O–H groups in total. The Bertz CT molecular complexity index is 694. The number of benzene rings is 1. The third kappa shape index (κ3) is 3.30. The molecule has 1 aromatic heterocycles. The van der Waals surface area contributed by atoms with Crippen molar-refractivity contribution in [3.63, 3.8) is 0 Å². The molecule has 1 amide bonds. The van der Waals surface area contributed by atoms with Gasteiger partial charge in [-0.1, -0.05) is 12.8 Å². The van der Waals surface area contributed by atoms with Gasteiger partial charge < -0.3 is 10.2 Å². The lowest BCUT2D eigenvalue weighted by Gasteiger charge is -2.22. The average Bonchev–Trinajstić information content (AvgIpc) is 3.40. The van der Waals surface area contributed by atoms with E-state index in [1.165, 1.54) is 44.2 Å². The molecule has 1 aliphatic heterocycles. The average molecular weight is 324 g/mol. The first-order chi connectivity index (χ1) is 11.8. The molecule has 24 heavy (non-hydrogen) atoms. The maximum Gasteiger partial charge on any atom is 0.256 e. The Morgan fingerprint density at radius 2 is 1.79 bits per heavy atom. The first-order valence-electron chi connectivity index (χ1n) is 9.01. The van der Waals surface area contributed by atoms with Gasteiger partial charge in [0.05, 0.1) is 6.20 Å². The van der Waals surface area contributed by atoms with E-state index in [1.807, 2.05) is 18.3 Å². The van der Waals surface area contributed by atoms with Crippen LogP contribution in [0.4, 0.5) is 11.5 Å². The second kappa shape index (κ2) is 6.67. The fourth-order valence-corrected chi connectivity index (χ4v) is 3.44. The van der Waals surface area contributed by atoms with Crippen molar-refractivity contribution in [2.24, 2.45) is 0 Å². The molecule has 0 spiro atoms. The summed E-state index contributed by atoms with van der Waals surface area (Å²) in [5, 5.41) is 9.94. The van der Waals surface area contributed by atoms with Crippen molar-refractivity contribution in [1.29, 1.82) is 0 Å². The number of rotatable bonds is 4. The van der Waals surface area contributed by atoms with E-state index < -0.39 is 0 Å². The highest BCUT2D eigenvalue weighted by Crippen LogP contribution is 2.42. The molecule has 1 aliphatic carbocycles. The molecule has 1 saturated heterocycles. The van der Waals surface area contributed by atoms with Crippen LogP contribution in [0.5, 0.6) is 0 Å². The van der Waals surface area contributed by atoms with Crippen LogP contribution in [-0.4, -0.2) is 29.2 Å². The summed E-state index contributed by atoms with van der Waals surface area (Å²) in [6.07, 6.45) is 9.36. The van der Waals surface area contributed by atoms with Gasteiger partial charge in [-0.3, -0.25) is 9.89 Å². The summed E-state index contributed by atoms with van der Waals surface area (Å²) in [4.78, 5) is 14.9. The van der Waals surface area contributed by atoms with Gasteiger partial charge in [0.1, 0.15) is 5.82 Å². The highest BCUT2D eigenvalue weighted by molar-refractivity contribution is 6.04. The number of anilines is 2. The molecule has 2 aliphatic rings. The molecule has 2 fully saturated rings. The number of carbonyl (C=O) groups excluding carboxylic acids is 1. The summed E-state index contributed by atoms with van der Waals surface area (Å²) in [5.74, 6) is 1.23. The van der Waals surface area contributed by atoms with Gasteiger partial charge in [-0.2, -0.15) is 5.10 Å². The van der Waals surface area contributed by atoms with Crippen molar-refractivity contribution in [2.75, 3.05) is 23.3 Å². The van der Waals surface area contributed by atoms with Crippen LogP contribution in [0.1, 0.15) is 60.4 Å². The first kappa shape index (κ1) is 15.2. The zero-order valence-corrected chi connectivity index (χ0v) is 13.9. The number of nitrogens with zero attached hydrogens (tertiary/aromatic N) is 2. The summed E-state index contributed by atoms with van der Waals surface area (Å²) in [6, 6.07) is 7.97. The molecular formula is C19H24N4O. The lowest BCUT2D eigenvalue weighted by atomic mass is 10.1. The molecule has 0 bridgehead atoms. The van der Waals surface area contributed by atoms with Gasteiger partial charge in [0.2, 0.25) is 0 Å². The Hall–Kier alpha value is -2.30. The van der Waals surface area contributed by atoms with Crippen molar-refractivity contribution < 1.29 is 4.79 Å². The molecular weight excluding hydrogens is 300 g/mol. The van der Waals surface area contributed by atoms with Gasteiger partial charge in [-0.15, -0.1) is 0 Å². The molecule has 2 aromatic rings. The highest BCUT2D eigenvalue weighted by atomic mass is 16.1. The minimum atomic E-state index is -0.0800. The fourth-order valence-electron chi connectivity index (χ4n) is 3.44. The smallest absolute Gasteiger partial charge is 0.256 e. The van der Waals surface area contributed by atoms with E-state index in [4.69, 9.17) is 0 Å². The molecule has 5 heteroatoms. The highest BCUT2D eigenvalue weighted by Gasteiger charge is 2.28. The van der Waals surface area contributed by atoms with Crippen LogP contribution < -0.4 is 10.2 Å². The molecule has 2 heterocycles. The van der Waals surface area contributed by atoms with E-state index in [9.17, 15) is 4.79 Å². The van der Waals surface area contributed by atoms with E-state index in [-0.39, 0.29) is 5.91 Å². The van der Waals surface area contributed by atoms with Crippen LogP contribution in [0.15, 0.2) is 30.5 Å². The minimum Gasteiger partial charge on any atom is -0.372 e. The zero-order chi connectivity index (χ0) is 16.4. The summed E-state index contributed by atoms with van der Waals surface area (Å²) in [5.41, 5.74) is 3.03. The predicted molar refractivity (Wildman–Crippen MR) is 95.6 cm³/mol. The van der Waals surface area contributed by atoms with Gasteiger partial charge in [0.15, 0.2) is 0 Å². The minimum absolute atomic E-state index is 0.0800.